The molecule has 2 aliphatic heterocycles. The first-order valence-electron chi connectivity index (χ1n) is 9.61. The molecule has 0 radical (unpaired) electrons. The Morgan fingerprint density at radius 3 is 2.82 bits per heavy atom. The van der Waals surface area contributed by atoms with Crippen molar-refractivity contribution in [1.82, 2.24) is 30.4 Å². The molecule has 12 nitrogen and oxygen atoms in total. The summed E-state index contributed by atoms with van der Waals surface area (Å²) in [5.74, 6) is -2.02. The Morgan fingerprint density at radius 1 is 1.36 bits per heavy atom. The number of nitrogens with one attached hydrogen (secondary N) is 1. The molecule has 0 spiro atoms. The lowest BCUT2D eigenvalue weighted by Crippen LogP contribution is -2.70. The smallest absolute Gasteiger partial charge is 0.352 e. The predicted molar refractivity (Wildman–Crippen MR) is 115 cm³/mol. The van der Waals surface area contributed by atoms with Crippen LogP contribution >= 0.6 is 23.5 Å². The summed E-state index contributed by atoms with van der Waals surface area (Å²) in [5.41, 5.74) is 0.756. The number of aliphatic carboxylic acids is 1. The molecule has 3 N–H and O–H groups in total. The summed E-state index contributed by atoms with van der Waals surface area (Å²) in [7, 11) is 0. The van der Waals surface area contributed by atoms with Gasteiger partial charge < -0.3 is 15.5 Å². The SMILES string of the molecule is N#CCn1nnnc1SCC1=C(C(=O)O)N2C(=O)[C@@H](NC(=O)C(O)c3ccccc3)[C@@H]2SC1. The van der Waals surface area contributed by atoms with Crippen LogP contribution in [0, 0.1) is 11.3 Å². The first-order valence-corrected chi connectivity index (χ1v) is 11.6. The van der Waals surface area contributed by atoms with E-state index in [1.165, 1.54) is 16.4 Å². The normalized spacial score (nSPS) is 20.5. The summed E-state index contributed by atoms with van der Waals surface area (Å²) in [6, 6.07) is 9.30. The van der Waals surface area contributed by atoms with E-state index in [1.807, 2.05) is 6.07 Å². The Labute approximate surface area is 195 Å². The van der Waals surface area contributed by atoms with Crippen LogP contribution in [-0.2, 0) is 20.9 Å². The lowest BCUT2D eigenvalue weighted by molar-refractivity contribution is -0.151. The fourth-order valence-electron chi connectivity index (χ4n) is 3.43. The van der Waals surface area contributed by atoms with E-state index in [2.05, 4.69) is 20.8 Å². The molecule has 1 saturated heterocycles. The van der Waals surface area contributed by atoms with Crippen LogP contribution in [0.1, 0.15) is 11.7 Å². The van der Waals surface area contributed by atoms with Gasteiger partial charge in [0.1, 0.15) is 23.7 Å². The number of hydrogen-bond acceptors (Lipinski definition) is 10. The number of thioether (sulfide) groups is 2. The summed E-state index contributed by atoms with van der Waals surface area (Å²) in [6.45, 7) is -0.0438. The van der Waals surface area contributed by atoms with Crippen molar-refractivity contribution in [2.24, 2.45) is 0 Å². The van der Waals surface area contributed by atoms with E-state index in [-0.39, 0.29) is 18.0 Å². The van der Waals surface area contributed by atoms with Crippen LogP contribution in [0.15, 0.2) is 46.8 Å². The van der Waals surface area contributed by atoms with Crippen LogP contribution in [0.25, 0.3) is 0 Å². The van der Waals surface area contributed by atoms with Crippen LogP contribution in [0.2, 0.25) is 0 Å². The van der Waals surface area contributed by atoms with Crippen LogP contribution in [0.3, 0.4) is 0 Å². The number of aromatic nitrogens is 4. The van der Waals surface area contributed by atoms with E-state index in [9.17, 15) is 24.6 Å². The first-order chi connectivity index (χ1) is 15.9. The van der Waals surface area contributed by atoms with E-state index in [1.54, 1.807) is 30.3 Å². The van der Waals surface area contributed by atoms with Gasteiger partial charge in [0.05, 0.1) is 6.07 Å². The van der Waals surface area contributed by atoms with Gasteiger partial charge in [0, 0.05) is 11.5 Å². The van der Waals surface area contributed by atoms with Crippen LogP contribution in [-0.4, -0.2) is 76.0 Å². The van der Waals surface area contributed by atoms with E-state index in [4.69, 9.17) is 5.26 Å². The standard InChI is InChI=1S/C19H17N7O5S2/c20-6-7-25-19(22-23-24-25)33-9-11-8-32-17-12(16(29)26(17)13(11)18(30)31)21-15(28)14(27)10-4-2-1-3-5-10/h1-5,12,14,17,27H,7-9H2,(H,21,28)(H,30,31)/t12-,14?,17+/m1/s1. The molecule has 1 unspecified atom stereocenters. The number of aliphatic hydroxyl groups is 1. The van der Waals surface area contributed by atoms with Gasteiger partial charge in [0.2, 0.25) is 5.16 Å². The quantitative estimate of drug-likeness (QED) is 0.331. The highest BCUT2D eigenvalue weighted by Gasteiger charge is 2.54. The Bertz CT molecular complexity index is 1160. The molecule has 33 heavy (non-hydrogen) atoms. The molecule has 1 aromatic carbocycles. The number of carboxylic acid groups (broad SMARTS) is 1. The van der Waals surface area contributed by atoms with Gasteiger partial charge in [-0.05, 0) is 21.6 Å². The number of tetrazole rings is 1. The molecule has 0 bridgehead atoms. The number of nitriles is 1. The lowest BCUT2D eigenvalue weighted by Gasteiger charge is -2.49. The van der Waals surface area contributed by atoms with Crippen molar-refractivity contribution < 1.29 is 24.6 Å². The van der Waals surface area contributed by atoms with E-state index < -0.39 is 35.3 Å². The van der Waals surface area contributed by atoms with Gasteiger partial charge in [0.15, 0.2) is 6.10 Å². The highest BCUT2D eigenvalue weighted by Crippen LogP contribution is 2.41. The highest BCUT2D eigenvalue weighted by atomic mass is 32.2. The predicted octanol–water partition coefficient (Wildman–Crippen LogP) is -0.239. The van der Waals surface area contributed by atoms with Crippen molar-refractivity contribution in [2.75, 3.05) is 11.5 Å². The maximum atomic E-state index is 12.8. The van der Waals surface area contributed by atoms with Gasteiger partial charge in [-0.15, -0.1) is 16.9 Å². The summed E-state index contributed by atoms with van der Waals surface area (Å²) < 4.78 is 1.29. The number of nitrogens with zero attached hydrogens (tertiary/aromatic N) is 6. The molecular weight excluding hydrogens is 470 g/mol. The minimum absolute atomic E-state index is 0.0438. The number of hydrogen-bond donors (Lipinski definition) is 3. The number of amides is 2. The number of carboxylic acids is 1. The van der Waals surface area contributed by atoms with Gasteiger partial charge >= 0.3 is 5.97 Å². The van der Waals surface area contributed by atoms with E-state index >= 15 is 0 Å². The van der Waals surface area contributed by atoms with Crippen molar-refractivity contribution in [3.63, 3.8) is 0 Å². The second-order valence-corrected chi connectivity index (χ2v) is 9.08. The van der Waals surface area contributed by atoms with Gasteiger partial charge in [-0.2, -0.15) is 5.26 Å². The molecule has 0 saturated carbocycles. The number of β-lactam (4-membered cyclic amide) rings is 1. The Hall–Kier alpha value is -3.41. The van der Waals surface area contributed by atoms with Crippen molar-refractivity contribution >= 4 is 41.3 Å². The van der Waals surface area contributed by atoms with Crippen molar-refractivity contribution in [3.8, 4) is 6.07 Å². The second kappa shape index (κ2) is 9.61. The minimum atomic E-state index is -1.44. The summed E-state index contributed by atoms with van der Waals surface area (Å²) >= 11 is 2.48. The topological polar surface area (TPSA) is 174 Å². The molecule has 14 heteroatoms. The zero-order valence-electron chi connectivity index (χ0n) is 16.9. The number of benzene rings is 1. The molecule has 2 aliphatic rings. The Kier molecular flexibility index (Phi) is 6.63. The summed E-state index contributed by atoms with van der Waals surface area (Å²) in [6.07, 6.45) is -1.44. The van der Waals surface area contributed by atoms with Crippen LogP contribution < -0.4 is 5.32 Å². The zero-order chi connectivity index (χ0) is 23.5. The van der Waals surface area contributed by atoms with Crippen molar-refractivity contribution in [2.45, 2.75) is 29.2 Å². The molecule has 1 fully saturated rings. The number of carbonyl (C=O) groups is 3. The zero-order valence-corrected chi connectivity index (χ0v) is 18.5. The monoisotopic (exact) mass is 487 g/mol. The maximum absolute atomic E-state index is 12.8. The highest BCUT2D eigenvalue weighted by molar-refractivity contribution is 8.01. The summed E-state index contributed by atoms with van der Waals surface area (Å²) in [4.78, 5) is 38.3. The molecule has 3 heterocycles. The fourth-order valence-corrected chi connectivity index (χ4v) is 5.79. The second-order valence-electron chi connectivity index (χ2n) is 7.03. The number of aliphatic hydroxyl groups excluding tert-OH is 1. The van der Waals surface area contributed by atoms with Crippen LogP contribution in [0.5, 0.6) is 0 Å². The van der Waals surface area contributed by atoms with Crippen molar-refractivity contribution in [1.29, 1.82) is 5.26 Å². The number of fused-ring (bicyclic) bond motifs is 1. The van der Waals surface area contributed by atoms with Gasteiger partial charge in [-0.25, -0.2) is 9.48 Å². The van der Waals surface area contributed by atoms with E-state index in [0.29, 0.717) is 22.0 Å². The molecule has 1 aromatic heterocycles. The molecule has 3 atom stereocenters. The fraction of sp³-hybridized carbons (Fsp3) is 0.316. The summed E-state index contributed by atoms with van der Waals surface area (Å²) in [5, 5.41) is 42.2. The lowest BCUT2D eigenvalue weighted by atomic mass is 10.0. The average Bonchev–Trinajstić information content (AvgIpc) is 3.27. The van der Waals surface area contributed by atoms with Gasteiger partial charge in [0.25, 0.3) is 11.8 Å². The van der Waals surface area contributed by atoms with Crippen molar-refractivity contribution in [3.05, 3.63) is 47.2 Å². The largest absolute Gasteiger partial charge is 0.477 e. The molecule has 2 aromatic rings. The van der Waals surface area contributed by atoms with E-state index in [0.717, 1.165) is 16.7 Å². The third-order valence-electron chi connectivity index (χ3n) is 5.01. The molecule has 2 amide bonds. The third-order valence-corrected chi connectivity index (χ3v) is 7.39. The van der Waals surface area contributed by atoms with Gasteiger partial charge in [-0.1, -0.05) is 42.1 Å². The number of rotatable bonds is 8. The molecule has 0 aliphatic carbocycles. The number of carbonyl (C=O) groups excluding carboxylic acids is 2. The molecular formula is C19H17N7O5S2. The Balaban J connectivity index is 1.46. The maximum Gasteiger partial charge on any atom is 0.352 e. The third kappa shape index (κ3) is 4.42. The molecule has 4 rings (SSSR count). The minimum Gasteiger partial charge on any atom is -0.477 e. The van der Waals surface area contributed by atoms with Crippen LogP contribution in [0.4, 0.5) is 0 Å². The molecule has 170 valence electrons. The first kappa shape index (κ1) is 22.8. The van der Waals surface area contributed by atoms with Gasteiger partial charge in [-0.3, -0.25) is 14.5 Å². The Morgan fingerprint density at radius 2 is 2.12 bits per heavy atom. The average molecular weight is 488 g/mol.